The van der Waals surface area contributed by atoms with E-state index in [0.717, 1.165) is 11.3 Å². The van der Waals surface area contributed by atoms with Crippen LogP contribution in [0.3, 0.4) is 0 Å². The quantitative estimate of drug-likeness (QED) is 0.569. The maximum absolute atomic E-state index is 12.3. The molecule has 0 aliphatic carbocycles. The molecule has 0 radical (unpaired) electrons. The van der Waals surface area contributed by atoms with Crippen LogP contribution in [0.2, 0.25) is 0 Å². The van der Waals surface area contributed by atoms with Crippen molar-refractivity contribution in [2.24, 2.45) is 5.73 Å². The number of nitrogens with one attached hydrogen (secondary N) is 2. The predicted molar refractivity (Wildman–Crippen MR) is 103 cm³/mol. The minimum Gasteiger partial charge on any atom is -0.368 e. The summed E-state index contributed by atoms with van der Waals surface area (Å²) in [5, 5.41) is 5.25. The van der Waals surface area contributed by atoms with Gasteiger partial charge in [0.1, 0.15) is 0 Å². The third-order valence-corrected chi connectivity index (χ3v) is 4.02. The van der Waals surface area contributed by atoms with Crippen LogP contribution in [0, 0.1) is 0 Å². The van der Waals surface area contributed by atoms with Crippen LogP contribution in [0.1, 0.15) is 26.3 Å². The Morgan fingerprint density at radius 3 is 2.07 bits per heavy atom. The van der Waals surface area contributed by atoms with E-state index in [4.69, 9.17) is 5.73 Å². The first-order valence-corrected chi connectivity index (χ1v) is 8.55. The number of carbonyl (C=O) groups is 3. The molecule has 0 atom stereocenters. The van der Waals surface area contributed by atoms with Crippen molar-refractivity contribution in [3.8, 4) is 5.69 Å². The number of benzene rings is 2. The number of aromatic nitrogens is 2. The number of nitrogens with two attached hydrogens (primary N) is 1. The van der Waals surface area contributed by atoms with Gasteiger partial charge in [-0.25, -0.2) is 4.98 Å². The topological polar surface area (TPSA) is 119 Å². The number of carbonyl (C=O) groups excluding carboxylic acids is 3. The highest BCUT2D eigenvalue weighted by Gasteiger charge is 2.08. The molecular formula is C20H19N5O3. The lowest BCUT2D eigenvalue weighted by molar-refractivity contribution is -0.117. The lowest BCUT2D eigenvalue weighted by atomic mass is 10.1. The second-order valence-corrected chi connectivity index (χ2v) is 6.05. The van der Waals surface area contributed by atoms with Crippen LogP contribution >= 0.6 is 0 Å². The summed E-state index contributed by atoms with van der Waals surface area (Å²) in [5.74, 6) is -1.18. The summed E-state index contributed by atoms with van der Waals surface area (Å²) in [6, 6.07) is 13.9. The van der Waals surface area contributed by atoms with E-state index in [9.17, 15) is 14.4 Å². The van der Waals surface area contributed by atoms with E-state index in [1.54, 1.807) is 48.9 Å². The first-order chi connectivity index (χ1) is 13.5. The van der Waals surface area contributed by atoms with Crippen molar-refractivity contribution < 1.29 is 14.4 Å². The van der Waals surface area contributed by atoms with Gasteiger partial charge in [-0.2, -0.15) is 0 Å². The molecule has 0 saturated heterocycles. The summed E-state index contributed by atoms with van der Waals surface area (Å²) in [6.45, 7) is 0.113. The fourth-order valence-corrected chi connectivity index (χ4v) is 2.52. The van der Waals surface area contributed by atoms with Gasteiger partial charge in [0.25, 0.3) is 11.8 Å². The molecule has 3 aromatic rings. The molecular weight excluding hydrogens is 358 g/mol. The molecule has 3 amide bonds. The van der Waals surface area contributed by atoms with Gasteiger partial charge in [0, 0.05) is 35.8 Å². The maximum atomic E-state index is 12.3. The highest BCUT2D eigenvalue weighted by Crippen LogP contribution is 2.10. The van der Waals surface area contributed by atoms with Crippen molar-refractivity contribution in [1.29, 1.82) is 0 Å². The van der Waals surface area contributed by atoms with Crippen LogP contribution in [0.25, 0.3) is 5.69 Å². The van der Waals surface area contributed by atoms with Crippen LogP contribution in [-0.2, 0) is 11.3 Å². The summed E-state index contributed by atoms with van der Waals surface area (Å²) in [6.07, 6.45) is 5.20. The molecule has 2 aromatic carbocycles. The Hall–Kier alpha value is -3.94. The summed E-state index contributed by atoms with van der Waals surface area (Å²) < 4.78 is 1.85. The lowest BCUT2D eigenvalue weighted by Gasteiger charge is -2.08. The van der Waals surface area contributed by atoms with Crippen LogP contribution < -0.4 is 16.4 Å². The third kappa shape index (κ3) is 4.82. The Bertz CT molecular complexity index is 964. The zero-order valence-corrected chi connectivity index (χ0v) is 15.0. The van der Waals surface area contributed by atoms with Crippen LogP contribution in [0.15, 0.2) is 67.3 Å². The van der Waals surface area contributed by atoms with Crippen molar-refractivity contribution in [2.45, 2.75) is 6.54 Å². The fraction of sp³-hybridized carbons (Fsp3) is 0.100. The first kappa shape index (κ1) is 18.8. The highest BCUT2D eigenvalue weighted by atomic mass is 16.2. The van der Waals surface area contributed by atoms with Gasteiger partial charge in [-0.1, -0.05) is 12.1 Å². The molecule has 4 N–H and O–H groups in total. The molecule has 8 nitrogen and oxygen atoms in total. The molecule has 8 heteroatoms. The average molecular weight is 377 g/mol. The summed E-state index contributed by atoms with van der Waals surface area (Å²) >= 11 is 0. The molecule has 0 aliphatic rings. The molecule has 0 bridgehead atoms. The SMILES string of the molecule is NC(=O)CNC(=O)c1ccc(CNC(=O)c2ccc(-n3ccnc3)cc2)cc1. The van der Waals surface area contributed by atoms with Gasteiger partial charge in [0.05, 0.1) is 12.9 Å². The van der Waals surface area contributed by atoms with E-state index in [1.165, 1.54) is 0 Å². The monoisotopic (exact) mass is 377 g/mol. The summed E-state index contributed by atoms with van der Waals surface area (Å²) in [4.78, 5) is 38.8. The van der Waals surface area contributed by atoms with E-state index in [2.05, 4.69) is 15.6 Å². The summed E-state index contributed by atoms with van der Waals surface area (Å²) in [5.41, 5.74) is 7.71. The van der Waals surface area contributed by atoms with Crippen molar-refractivity contribution in [1.82, 2.24) is 20.2 Å². The maximum Gasteiger partial charge on any atom is 0.251 e. The lowest BCUT2D eigenvalue weighted by Crippen LogP contribution is -2.33. The molecule has 3 rings (SSSR count). The Morgan fingerprint density at radius 1 is 0.893 bits per heavy atom. The fourth-order valence-electron chi connectivity index (χ4n) is 2.52. The predicted octanol–water partition coefficient (Wildman–Crippen LogP) is 1.02. The first-order valence-electron chi connectivity index (χ1n) is 8.55. The standard InChI is InChI=1S/C20H19N5O3/c21-18(26)12-24-20(28)15-3-1-14(2-4-15)11-23-19(27)16-5-7-17(8-6-16)25-10-9-22-13-25/h1-10,13H,11-12H2,(H2,21,26)(H,23,27)(H,24,28). The number of imidazole rings is 1. The van der Waals surface area contributed by atoms with E-state index in [1.807, 2.05) is 22.9 Å². The van der Waals surface area contributed by atoms with Crippen molar-refractivity contribution in [3.63, 3.8) is 0 Å². The van der Waals surface area contributed by atoms with Crippen LogP contribution in [0.5, 0.6) is 0 Å². The zero-order valence-electron chi connectivity index (χ0n) is 15.0. The van der Waals surface area contributed by atoms with Crippen molar-refractivity contribution >= 4 is 17.7 Å². The van der Waals surface area contributed by atoms with Crippen LogP contribution in [0.4, 0.5) is 0 Å². The molecule has 0 spiro atoms. The molecule has 0 aliphatic heterocycles. The van der Waals surface area contributed by atoms with Crippen LogP contribution in [-0.4, -0.2) is 33.8 Å². The average Bonchev–Trinajstić information content (AvgIpc) is 3.25. The van der Waals surface area contributed by atoms with Gasteiger partial charge in [-0.15, -0.1) is 0 Å². The Morgan fingerprint density at radius 2 is 1.50 bits per heavy atom. The number of hydrogen-bond donors (Lipinski definition) is 3. The largest absolute Gasteiger partial charge is 0.368 e. The second-order valence-electron chi connectivity index (χ2n) is 6.05. The number of nitrogens with zero attached hydrogens (tertiary/aromatic N) is 2. The van der Waals surface area contributed by atoms with Gasteiger partial charge in [-0.05, 0) is 42.0 Å². The highest BCUT2D eigenvalue weighted by molar-refractivity contribution is 5.96. The van der Waals surface area contributed by atoms with Gasteiger partial charge in [0.2, 0.25) is 5.91 Å². The van der Waals surface area contributed by atoms with E-state index in [0.29, 0.717) is 17.7 Å². The van der Waals surface area contributed by atoms with Gasteiger partial charge in [0.15, 0.2) is 0 Å². The normalized spacial score (nSPS) is 10.3. The van der Waals surface area contributed by atoms with Gasteiger partial charge in [-0.3, -0.25) is 14.4 Å². The number of rotatable bonds is 7. The van der Waals surface area contributed by atoms with Gasteiger partial charge < -0.3 is 20.9 Å². The number of hydrogen-bond acceptors (Lipinski definition) is 4. The Balaban J connectivity index is 1.54. The van der Waals surface area contributed by atoms with E-state index < -0.39 is 5.91 Å². The third-order valence-electron chi connectivity index (χ3n) is 4.02. The summed E-state index contributed by atoms with van der Waals surface area (Å²) in [7, 11) is 0. The Kier molecular flexibility index (Phi) is 5.81. The van der Waals surface area contributed by atoms with Crippen molar-refractivity contribution in [2.75, 3.05) is 6.54 Å². The molecule has 1 aromatic heterocycles. The molecule has 0 unspecified atom stereocenters. The van der Waals surface area contributed by atoms with Gasteiger partial charge >= 0.3 is 0 Å². The number of primary amides is 1. The minimum absolute atomic E-state index is 0.194. The molecule has 142 valence electrons. The molecule has 1 heterocycles. The second kappa shape index (κ2) is 8.63. The minimum atomic E-state index is -0.606. The van der Waals surface area contributed by atoms with E-state index >= 15 is 0 Å². The van der Waals surface area contributed by atoms with Crippen molar-refractivity contribution in [3.05, 3.63) is 83.9 Å². The molecule has 28 heavy (non-hydrogen) atoms. The number of amides is 3. The smallest absolute Gasteiger partial charge is 0.251 e. The zero-order chi connectivity index (χ0) is 19.9. The molecule has 0 saturated carbocycles. The molecule has 0 fully saturated rings. The van der Waals surface area contributed by atoms with E-state index in [-0.39, 0.29) is 18.4 Å². The Labute approximate surface area is 161 Å².